The first kappa shape index (κ1) is 10.3. The van der Waals surface area contributed by atoms with E-state index in [1.807, 2.05) is 12.5 Å². The first-order valence-corrected chi connectivity index (χ1v) is 6.63. The van der Waals surface area contributed by atoms with E-state index in [-0.39, 0.29) is 6.04 Å². The van der Waals surface area contributed by atoms with Crippen LogP contribution in [0.25, 0.3) is 11.3 Å². The van der Waals surface area contributed by atoms with Gasteiger partial charge in [-0.1, -0.05) is 37.1 Å². The molecule has 1 N–H and O–H groups in total. The van der Waals surface area contributed by atoms with E-state index in [1.54, 1.807) is 0 Å². The molecule has 0 bridgehead atoms. The lowest BCUT2D eigenvalue weighted by atomic mass is 9.87. The molecule has 1 aromatic heterocycles. The lowest BCUT2D eigenvalue weighted by Gasteiger charge is -2.31. The van der Waals surface area contributed by atoms with Crippen molar-refractivity contribution in [2.24, 2.45) is 0 Å². The molecule has 1 aromatic carbocycles. The second kappa shape index (κ2) is 3.45. The molecule has 4 rings (SSSR count). The van der Waals surface area contributed by atoms with E-state index in [2.05, 4.69) is 33.8 Å². The van der Waals surface area contributed by atoms with Gasteiger partial charge in [0.2, 0.25) is 0 Å². The van der Waals surface area contributed by atoms with Gasteiger partial charge in [0.25, 0.3) is 0 Å². The van der Waals surface area contributed by atoms with Crippen molar-refractivity contribution >= 4 is 0 Å². The maximum absolute atomic E-state index is 11.0. The van der Waals surface area contributed by atoms with Crippen LogP contribution in [-0.2, 0) is 0 Å². The molecule has 2 aliphatic rings. The molecular weight excluding hydrogens is 224 g/mol. The van der Waals surface area contributed by atoms with Crippen LogP contribution in [0, 0.1) is 0 Å². The van der Waals surface area contributed by atoms with Crippen LogP contribution in [0.3, 0.4) is 0 Å². The number of aliphatic hydroxyl groups is 1. The normalized spacial score (nSPS) is 23.9. The van der Waals surface area contributed by atoms with E-state index in [1.165, 1.54) is 11.1 Å². The van der Waals surface area contributed by atoms with Gasteiger partial charge in [-0.2, -0.15) is 0 Å². The van der Waals surface area contributed by atoms with E-state index in [0.717, 1.165) is 31.4 Å². The summed E-state index contributed by atoms with van der Waals surface area (Å²) in [7, 11) is 0. The summed E-state index contributed by atoms with van der Waals surface area (Å²) in [5.41, 5.74) is 3.01. The quantitative estimate of drug-likeness (QED) is 0.832. The number of imidazole rings is 1. The van der Waals surface area contributed by atoms with Gasteiger partial charge in [0, 0.05) is 5.56 Å². The van der Waals surface area contributed by atoms with Crippen molar-refractivity contribution in [2.45, 2.75) is 37.3 Å². The fourth-order valence-electron chi connectivity index (χ4n) is 3.65. The van der Waals surface area contributed by atoms with Crippen LogP contribution < -0.4 is 0 Å². The summed E-state index contributed by atoms with van der Waals surface area (Å²) in [6.07, 6.45) is 7.79. The summed E-state index contributed by atoms with van der Waals surface area (Å²) in [6.45, 7) is 0. The van der Waals surface area contributed by atoms with Gasteiger partial charge in [-0.05, 0) is 18.4 Å². The van der Waals surface area contributed by atoms with E-state index >= 15 is 0 Å². The maximum Gasteiger partial charge on any atom is 0.0957 e. The molecule has 0 amide bonds. The van der Waals surface area contributed by atoms with Crippen molar-refractivity contribution in [2.75, 3.05) is 0 Å². The van der Waals surface area contributed by atoms with Gasteiger partial charge in [0.05, 0.1) is 29.9 Å². The van der Waals surface area contributed by atoms with E-state index in [0.29, 0.717) is 0 Å². The van der Waals surface area contributed by atoms with E-state index in [4.69, 9.17) is 0 Å². The standard InChI is InChI=1S/C15H16N2O/c18-15(7-3-4-8-15)14-12-6-2-1-5-11(12)13-9-16-10-17(13)14/h1-2,5-6,9-10,14,18H,3-4,7-8H2. The van der Waals surface area contributed by atoms with Gasteiger partial charge in [0.15, 0.2) is 0 Å². The molecule has 0 saturated heterocycles. The maximum atomic E-state index is 11.0. The summed E-state index contributed by atoms with van der Waals surface area (Å²) in [5, 5.41) is 11.0. The van der Waals surface area contributed by atoms with Crippen LogP contribution in [0.15, 0.2) is 36.8 Å². The van der Waals surface area contributed by atoms with Crippen molar-refractivity contribution in [3.05, 3.63) is 42.4 Å². The third-order valence-electron chi connectivity index (χ3n) is 4.45. The van der Waals surface area contributed by atoms with Gasteiger partial charge in [-0.25, -0.2) is 4.98 Å². The highest BCUT2D eigenvalue weighted by molar-refractivity contribution is 5.69. The smallest absolute Gasteiger partial charge is 0.0957 e. The lowest BCUT2D eigenvalue weighted by molar-refractivity contribution is 0.0112. The molecule has 0 spiro atoms. The number of hydrogen-bond acceptors (Lipinski definition) is 2. The van der Waals surface area contributed by atoms with Crippen LogP contribution in [0.4, 0.5) is 0 Å². The molecule has 92 valence electrons. The van der Waals surface area contributed by atoms with Crippen LogP contribution in [0.2, 0.25) is 0 Å². The third-order valence-corrected chi connectivity index (χ3v) is 4.45. The number of benzene rings is 1. The van der Waals surface area contributed by atoms with Gasteiger partial charge >= 0.3 is 0 Å². The predicted octanol–water partition coefficient (Wildman–Crippen LogP) is 2.76. The van der Waals surface area contributed by atoms with E-state index < -0.39 is 5.60 Å². The Morgan fingerprint density at radius 2 is 2.00 bits per heavy atom. The number of hydrogen-bond donors (Lipinski definition) is 1. The largest absolute Gasteiger partial charge is 0.387 e. The molecule has 1 fully saturated rings. The highest BCUT2D eigenvalue weighted by atomic mass is 16.3. The monoisotopic (exact) mass is 240 g/mol. The van der Waals surface area contributed by atoms with Gasteiger partial charge < -0.3 is 9.67 Å². The second-order valence-electron chi connectivity index (χ2n) is 5.49. The molecule has 3 heteroatoms. The Hall–Kier alpha value is -1.61. The topological polar surface area (TPSA) is 38.1 Å². The van der Waals surface area contributed by atoms with Gasteiger partial charge in [-0.15, -0.1) is 0 Å². The first-order valence-electron chi connectivity index (χ1n) is 6.63. The Morgan fingerprint density at radius 3 is 2.83 bits per heavy atom. The van der Waals surface area contributed by atoms with Crippen LogP contribution >= 0.6 is 0 Å². The zero-order chi connectivity index (χ0) is 12.2. The molecule has 0 radical (unpaired) electrons. The lowest BCUT2D eigenvalue weighted by Crippen LogP contribution is -2.35. The molecule has 1 unspecified atom stereocenters. The van der Waals surface area contributed by atoms with Crippen molar-refractivity contribution in [3.8, 4) is 11.3 Å². The Labute approximate surface area is 106 Å². The predicted molar refractivity (Wildman–Crippen MR) is 69.2 cm³/mol. The Balaban J connectivity index is 1.94. The zero-order valence-corrected chi connectivity index (χ0v) is 10.2. The number of rotatable bonds is 1. The molecule has 1 saturated carbocycles. The van der Waals surface area contributed by atoms with Gasteiger partial charge in [0.1, 0.15) is 0 Å². The van der Waals surface area contributed by atoms with Crippen LogP contribution in [0.1, 0.15) is 37.3 Å². The molecular formula is C15H16N2O. The summed E-state index contributed by atoms with van der Waals surface area (Å²) in [6, 6.07) is 8.43. The van der Waals surface area contributed by atoms with Crippen molar-refractivity contribution < 1.29 is 5.11 Å². The Morgan fingerprint density at radius 1 is 1.22 bits per heavy atom. The van der Waals surface area contributed by atoms with Crippen LogP contribution in [0.5, 0.6) is 0 Å². The summed E-state index contributed by atoms with van der Waals surface area (Å²) in [4.78, 5) is 4.25. The van der Waals surface area contributed by atoms with Gasteiger partial charge in [-0.3, -0.25) is 0 Å². The molecule has 1 aliphatic heterocycles. The summed E-state index contributed by atoms with van der Waals surface area (Å²) < 4.78 is 2.15. The molecule has 18 heavy (non-hydrogen) atoms. The second-order valence-corrected chi connectivity index (χ2v) is 5.49. The zero-order valence-electron chi connectivity index (χ0n) is 10.2. The molecule has 1 atom stereocenters. The Bertz CT molecular complexity index is 596. The fourth-order valence-corrected chi connectivity index (χ4v) is 3.65. The van der Waals surface area contributed by atoms with Crippen LogP contribution in [-0.4, -0.2) is 20.3 Å². The minimum absolute atomic E-state index is 0.0497. The molecule has 3 nitrogen and oxygen atoms in total. The fraction of sp³-hybridized carbons (Fsp3) is 0.400. The summed E-state index contributed by atoms with van der Waals surface area (Å²) >= 11 is 0. The molecule has 2 heterocycles. The summed E-state index contributed by atoms with van der Waals surface area (Å²) in [5.74, 6) is 0. The Kier molecular flexibility index (Phi) is 1.98. The number of aromatic nitrogens is 2. The third kappa shape index (κ3) is 1.20. The molecule has 1 aliphatic carbocycles. The van der Waals surface area contributed by atoms with Crippen molar-refractivity contribution in [3.63, 3.8) is 0 Å². The highest BCUT2D eigenvalue weighted by Gasteiger charge is 2.45. The molecule has 2 aromatic rings. The SMILES string of the molecule is OC1(C2c3ccccc3-c3cncn32)CCCC1. The minimum Gasteiger partial charge on any atom is -0.387 e. The van der Waals surface area contributed by atoms with E-state index in [9.17, 15) is 5.11 Å². The van der Waals surface area contributed by atoms with Crippen molar-refractivity contribution in [1.82, 2.24) is 9.55 Å². The average Bonchev–Trinajstić information content (AvgIpc) is 3.04. The average molecular weight is 240 g/mol. The minimum atomic E-state index is -0.595. The first-order chi connectivity index (χ1) is 8.80. The van der Waals surface area contributed by atoms with Crippen molar-refractivity contribution in [1.29, 1.82) is 0 Å². The number of fused-ring (bicyclic) bond motifs is 3. The highest BCUT2D eigenvalue weighted by Crippen LogP contribution is 2.49. The number of nitrogens with zero attached hydrogens (tertiary/aromatic N) is 2.